The van der Waals surface area contributed by atoms with E-state index in [9.17, 15) is 4.79 Å². The van der Waals surface area contributed by atoms with Crippen molar-refractivity contribution in [2.24, 2.45) is 0 Å². The molecule has 0 bridgehead atoms. The summed E-state index contributed by atoms with van der Waals surface area (Å²) in [5.41, 5.74) is -0.238. The van der Waals surface area contributed by atoms with E-state index in [-0.39, 0.29) is 11.9 Å². The third-order valence-electron chi connectivity index (χ3n) is 2.68. The van der Waals surface area contributed by atoms with Gasteiger partial charge in [0.2, 0.25) is 0 Å². The van der Waals surface area contributed by atoms with E-state index in [1.165, 1.54) is 0 Å². The summed E-state index contributed by atoms with van der Waals surface area (Å²) in [6.07, 6.45) is 2.64. The second kappa shape index (κ2) is 5.55. The molecule has 1 aromatic heterocycles. The van der Waals surface area contributed by atoms with E-state index in [2.05, 4.69) is 11.9 Å². The Labute approximate surface area is 105 Å². The molecule has 0 spiro atoms. The Morgan fingerprint density at radius 2 is 2.53 bits per heavy atom. The summed E-state index contributed by atoms with van der Waals surface area (Å²) in [6.45, 7) is 2.99. The molecule has 1 atom stereocenters. The van der Waals surface area contributed by atoms with Crippen molar-refractivity contribution in [1.82, 2.24) is 9.55 Å². The van der Waals surface area contributed by atoms with Crippen LogP contribution in [-0.4, -0.2) is 34.8 Å². The Bertz CT molecular complexity index is 429. The number of hydrogen-bond donors (Lipinski definition) is 0. The minimum Gasteiger partial charge on any atom is -0.359 e. The highest BCUT2D eigenvalue weighted by Gasteiger charge is 2.19. The molecule has 2 heterocycles. The molecule has 0 amide bonds. The number of anilines is 1. The predicted octanol–water partition coefficient (Wildman–Crippen LogP) is 1.31. The fourth-order valence-electron chi connectivity index (χ4n) is 1.77. The average molecular weight is 255 g/mol. The second-order valence-corrected chi connectivity index (χ2v) is 4.98. The monoisotopic (exact) mass is 255 g/mol. The third kappa shape index (κ3) is 2.81. The van der Waals surface area contributed by atoms with Crippen LogP contribution in [0.4, 0.5) is 5.82 Å². The molecule has 0 saturated carbocycles. The Morgan fingerprint density at radius 1 is 1.71 bits per heavy atom. The molecule has 0 radical (unpaired) electrons. The van der Waals surface area contributed by atoms with E-state index < -0.39 is 0 Å². The number of thioether (sulfide) groups is 1. The standard InChI is InChI=1S/C11H17N3O2S/c1-3-5-13(2)9-4-6-14(11(15)12-9)10-7-17-8-16-10/h4,6,10H,3,5,7-8H2,1-2H3/t10-/m0/s1. The molecular weight excluding hydrogens is 238 g/mol. The van der Waals surface area contributed by atoms with Crippen molar-refractivity contribution in [3.63, 3.8) is 0 Å². The molecule has 0 aliphatic carbocycles. The fraction of sp³-hybridized carbons (Fsp3) is 0.636. The lowest BCUT2D eigenvalue weighted by molar-refractivity contribution is 0.0639. The van der Waals surface area contributed by atoms with Crippen molar-refractivity contribution in [3.8, 4) is 0 Å². The van der Waals surface area contributed by atoms with Crippen molar-refractivity contribution in [2.45, 2.75) is 19.6 Å². The van der Waals surface area contributed by atoms with Crippen LogP contribution in [0.15, 0.2) is 17.1 Å². The van der Waals surface area contributed by atoms with Crippen LogP contribution in [0.25, 0.3) is 0 Å². The van der Waals surface area contributed by atoms with Crippen LogP contribution < -0.4 is 10.6 Å². The minimum absolute atomic E-state index is 0.162. The lowest BCUT2D eigenvalue weighted by atomic mass is 10.4. The van der Waals surface area contributed by atoms with Crippen LogP contribution in [0.1, 0.15) is 19.6 Å². The molecule has 2 rings (SSSR count). The summed E-state index contributed by atoms with van der Waals surface area (Å²) in [6, 6.07) is 1.86. The van der Waals surface area contributed by atoms with Gasteiger partial charge >= 0.3 is 5.69 Å². The molecule has 6 heteroatoms. The van der Waals surface area contributed by atoms with Crippen LogP contribution >= 0.6 is 11.8 Å². The van der Waals surface area contributed by atoms with Gasteiger partial charge in [0.05, 0.1) is 5.94 Å². The lowest BCUT2D eigenvalue weighted by Crippen LogP contribution is -2.30. The Kier molecular flexibility index (Phi) is 4.06. The molecule has 1 aliphatic rings. The number of aromatic nitrogens is 2. The fourth-order valence-corrected chi connectivity index (χ4v) is 2.58. The zero-order chi connectivity index (χ0) is 12.3. The summed E-state index contributed by atoms with van der Waals surface area (Å²) >= 11 is 1.68. The molecule has 0 unspecified atom stereocenters. The van der Waals surface area contributed by atoms with E-state index in [0.29, 0.717) is 5.94 Å². The maximum atomic E-state index is 11.9. The molecule has 5 nitrogen and oxygen atoms in total. The second-order valence-electron chi connectivity index (χ2n) is 4.01. The first kappa shape index (κ1) is 12.4. The quantitative estimate of drug-likeness (QED) is 0.812. The number of nitrogens with zero attached hydrogens (tertiary/aromatic N) is 3. The van der Waals surface area contributed by atoms with Gasteiger partial charge in [-0.3, -0.25) is 4.57 Å². The van der Waals surface area contributed by atoms with Crippen LogP contribution in [-0.2, 0) is 4.74 Å². The van der Waals surface area contributed by atoms with Crippen LogP contribution in [0.2, 0.25) is 0 Å². The van der Waals surface area contributed by atoms with Crippen molar-refractivity contribution in [3.05, 3.63) is 22.7 Å². The van der Waals surface area contributed by atoms with Crippen LogP contribution in [0, 0.1) is 0 Å². The van der Waals surface area contributed by atoms with E-state index in [1.807, 2.05) is 18.0 Å². The van der Waals surface area contributed by atoms with E-state index in [0.717, 1.165) is 24.5 Å². The van der Waals surface area contributed by atoms with E-state index >= 15 is 0 Å². The smallest absolute Gasteiger partial charge is 0.351 e. The Hall–Kier alpha value is -1.01. The van der Waals surface area contributed by atoms with Gasteiger partial charge in [0, 0.05) is 25.5 Å². The number of rotatable bonds is 4. The molecule has 1 aromatic rings. The van der Waals surface area contributed by atoms with Crippen molar-refractivity contribution < 1.29 is 4.74 Å². The highest BCUT2D eigenvalue weighted by Crippen LogP contribution is 2.23. The highest BCUT2D eigenvalue weighted by atomic mass is 32.2. The zero-order valence-electron chi connectivity index (χ0n) is 10.1. The van der Waals surface area contributed by atoms with Crippen molar-refractivity contribution in [1.29, 1.82) is 0 Å². The lowest BCUT2D eigenvalue weighted by Gasteiger charge is -2.18. The SMILES string of the molecule is CCCN(C)c1ccn([C@@H]2CSCO2)c(=O)n1. The highest BCUT2D eigenvalue weighted by molar-refractivity contribution is 7.99. The van der Waals surface area contributed by atoms with E-state index in [1.54, 1.807) is 22.5 Å². The first-order valence-corrected chi connectivity index (χ1v) is 6.87. The van der Waals surface area contributed by atoms with Gasteiger partial charge < -0.3 is 9.64 Å². The maximum Gasteiger partial charge on any atom is 0.351 e. The van der Waals surface area contributed by atoms with Gasteiger partial charge in [-0.1, -0.05) is 6.92 Å². The van der Waals surface area contributed by atoms with Crippen molar-refractivity contribution >= 4 is 17.6 Å². The molecular formula is C11H17N3O2S. The molecule has 0 N–H and O–H groups in total. The first-order valence-electron chi connectivity index (χ1n) is 5.72. The number of hydrogen-bond acceptors (Lipinski definition) is 5. The van der Waals surface area contributed by atoms with Gasteiger partial charge in [-0.2, -0.15) is 4.98 Å². The summed E-state index contributed by atoms with van der Waals surface area (Å²) in [4.78, 5) is 17.9. The Morgan fingerprint density at radius 3 is 3.12 bits per heavy atom. The summed E-state index contributed by atoms with van der Waals surface area (Å²) in [7, 11) is 1.94. The molecule has 94 valence electrons. The summed E-state index contributed by atoms with van der Waals surface area (Å²) in [5, 5.41) is 0. The van der Waals surface area contributed by atoms with Gasteiger partial charge in [-0.15, -0.1) is 11.8 Å². The summed E-state index contributed by atoms with van der Waals surface area (Å²) in [5.74, 6) is 2.18. The average Bonchev–Trinajstić information content (AvgIpc) is 2.82. The first-order chi connectivity index (χ1) is 8.22. The topological polar surface area (TPSA) is 47.4 Å². The third-order valence-corrected chi connectivity index (χ3v) is 3.50. The minimum atomic E-state index is -0.238. The van der Waals surface area contributed by atoms with Gasteiger partial charge in [0.1, 0.15) is 12.0 Å². The number of ether oxygens (including phenoxy) is 1. The Balaban J connectivity index is 2.19. The maximum absolute atomic E-state index is 11.9. The van der Waals surface area contributed by atoms with E-state index in [4.69, 9.17) is 4.74 Å². The van der Waals surface area contributed by atoms with Gasteiger partial charge in [-0.05, 0) is 12.5 Å². The van der Waals surface area contributed by atoms with Crippen LogP contribution in [0.5, 0.6) is 0 Å². The van der Waals surface area contributed by atoms with Crippen molar-refractivity contribution in [2.75, 3.05) is 30.2 Å². The molecule has 1 aliphatic heterocycles. The van der Waals surface area contributed by atoms with Gasteiger partial charge in [0.15, 0.2) is 0 Å². The largest absolute Gasteiger partial charge is 0.359 e. The normalized spacial score (nSPS) is 19.5. The molecule has 1 saturated heterocycles. The molecule has 17 heavy (non-hydrogen) atoms. The summed E-state index contributed by atoms with van der Waals surface area (Å²) < 4.78 is 7.00. The van der Waals surface area contributed by atoms with Gasteiger partial charge in [0.25, 0.3) is 0 Å². The van der Waals surface area contributed by atoms with Crippen LogP contribution in [0.3, 0.4) is 0 Å². The molecule has 1 fully saturated rings. The van der Waals surface area contributed by atoms with Gasteiger partial charge in [-0.25, -0.2) is 4.79 Å². The predicted molar refractivity (Wildman–Crippen MR) is 69.5 cm³/mol. The zero-order valence-corrected chi connectivity index (χ0v) is 10.9. The molecule has 0 aromatic carbocycles.